The standard InChI is InChI=1S/C20H25NO5S/c1-15-7-8-19(20(11-15)25-18-9-10-21(2)13-18)24-14-16-5-4-6-17(12-16)26-27(3,22)23/h4-8,11-12,18H,9-10,13-14H2,1-3H3. The molecule has 146 valence electrons. The summed E-state index contributed by atoms with van der Waals surface area (Å²) in [6.45, 7) is 4.23. The molecule has 0 amide bonds. The molecule has 1 heterocycles. The van der Waals surface area contributed by atoms with Gasteiger partial charge in [0, 0.05) is 13.1 Å². The molecule has 0 aliphatic carbocycles. The van der Waals surface area contributed by atoms with Gasteiger partial charge >= 0.3 is 10.1 Å². The third-order valence-corrected chi connectivity index (χ3v) is 4.78. The largest absolute Gasteiger partial charge is 0.485 e. The van der Waals surface area contributed by atoms with Crippen molar-refractivity contribution in [3.63, 3.8) is 0 Å². The molecule has 0 spiro atoms. The van der Waals surface area contributed by atoms with E-state index in [-0.39, 0.29) is 18.5 Å². The Labute approximate surface area is 160 Å². The summed E-state index contributed by atoms with van der Waals surface area (Å²) in [7, 11) is -1.47. The first-order chi connectivity index (χ1) is 12.8. The molecular formula is C20H25NO5S. The third kappa shape index (κ3) is 5.87. The molecule has 2 aromatic rings. The van der Waals surface area contributed by atoms with E-state index in [0.29, 0.717) is 5.75 Å². The number of likely N-dealkylation sites (tertiary alicyclic amines) is 1. The highest BCUT2D eigenvalue weighted by atomic mass is 32.2. The lowest BCUT2D eigenvalue weighted by Crippen LogP contribution is -2.21. The van der Waals surface area contributed by atoms with Crippen LogP contribution in [0.3, 0.4) is 0 Å². The summed E-state index contributed by atoms with van der Waals surface area (Å²) in [5.41, 5.74) is 1.91. The molecule has 6 nitrogen and oxygen atoms in total. The van der Waals surface area contributed by atoms with Crippen LogP contribution in [0.2, 0.25) is 0 Å². The minimum Gasteiger partial charge on any atom is -0.485 e. The summed E-state index contributed by atoms with van der Waals surface area (Å²) in [6.07, 6.45) is 2.17. The van der Waals surface area contributed by atoms with E-state index in [2.05, 4.69) is 11.9 Å². The van der Waals surface area contributed by atoms with Crippen molar-refractivity contribution in [1.82, 2.24) is 4.90 Å². The second-order valence-electron chi connectivity index (χ2n) is 6.96. The molecule has 1 aliphatic rings. The molecule has 0 bridgehead atoms. The van der Waals surface area contributed by atoms with Crippen molar-refractivity contribution >= 4 is 10.1 Å². The van der Waals surface area contributed by atoms with Gasteiger partial charge < -0.3 is 18.6 Å². The molecule has 1 atom stereocenters. The van der Waals surface area contributed by atoms with Crippen LogP contribution in [0.1, 0.15) is 17.5 Å². The Morgan fingerprint density at radius 1 is 1.15 bits per heavy atom. The smallest absolute Gasteiger partial charge is 0.306 e. The quantitative estimate of drug-likeness (QED) is 0.676. The lowest BCUT2D eigenvalue weighted by Gasteiger charge is -2.18. The lowest BCUT2D eigenvalue weighted by molar-refractivity contribution is 0.192. The van der Waals surface area contributed by atoms with E-state index in [1.807, 2.05) is 31.2 Å². The summed E-state index contributed by atoms with van der Waals surface area (Å²) in [6, 6.07) is 12.7. The van der Waals surface area contributed by atoms with E-state index in [9.17, 15) is 8.42 Å². The fourth-order valence-corrected chi connectivity index (χ4v) is 3.47. The molecule has 7 heteroatoms. The number of hydrogen-bond donors (Lipinski definition) is 0. The van der Waals surface area contributed by atoms with Crippen molar-refractivity contribution in [2.24, 2.45) is 0 Å². The number of hydrogen-bond acceptors (Lipinski definition) is 6. The molecule has 27 heavy (non-hydrogen) atoms. The van der Waals surface area contributed by atoms with E-state index < -0.39 is 10.1 Å². The number of aryl methyl sites for hydroxylation is 1. The van der Waals surface area contributed by atoms with Crippen LogP contribution in [0.25, 0.3) is 0 Å². The van der Waals surface area contributed by atoms with Crippen molar-refractivity contribution in [1.29, 1.82) is 0 Å². The summed E-state index contributed by atoms with van der Waals surface area (Å²) in [5, 5.41) is 0. The predicted molar refractivity (Wildman–Crippen MR) is 104 cm³/mol. The fraction of sp³-hybridized carbons (Fsp3) is 0.400. The number of rotatable bonds is 7. The molecule has 0 aromatic heterocycles. The van der Waals surface area contributed by atoms with Gasteiger partial charge in [0.05, 0.1) is 6.26 Å². The van der Waals surface area contributed by atoms with Gasteiger partial charge in [-0.05, 0) is 55.8 Å². The maximum atomic E-state index is 11.3. The van der Waals surface area contributed by atoms with Crippen LogP contribution in [0.5, 0.6) is 17.2 Å². The van der Waals surface area contributed by atoms with E-state index in [1.54, 1.807) is 18.2 Å². The molecule has 1 unspecified atom stereocenters. The maximum absolute atomic E-state index is 11.3. The monoisotopic (exact) mass is 391 g/mol. The van der Waals surface area contributed by atoms with Crippen LogP contribution in [-0.4, -0.2) is 45.8 Å². The first kappa shape index (κ1) is 19.5. The van der Waals surface area contributed by atoms with Gasteiger partial charge in [-0.1, -0.05) is 18.2 Å². The van der Waals surface area contributed by atoms with Crippen LogP contribution in [0.4, 0.5) is 0 Å². The van der Waals surface area contributed by atoms with Gasteiger partial charge in [0.25, 0.3) is 0 Å². The Morgan fingerprint density at radius 3 is 2.67 bits per heavy atom. The van der Waals surface area contributed by atoms with Crippen molar-refractivity contribution < 1.29 is 22.1 Å². The number of ether oxygens (including phenoxy) is 2. The molecule has 0 radical (unpaired) electrons. The van der Waals surface area contributed by atoms with Gasteiger partial charge in [0.15, 0.2) is 11.5 Å². The van der Waals surface area contributed by atoms with E-state index >= 15 is 0 Å². The topological polar surface area (TPSA) is 65.1 Å². The van der Waals surface area contributed by atoms with Crippen LogP contribution in [0, 0.1) is 6.92 Å². The molecule has 1 saturated heterocycles. The van der Waals surface area contributed by atoms with Crippen LogP contribution in [-0.2, 0) is 16.7 Å². The van der Waals surface area contributed by atoms with Crippen LogP contribution < -0.4 is 13.7 Å². The number of likely N-dealkylation sites (N-methyl/N-ethyl adjacent to an activating group) is 1. The highest BCUT2D eigenvalue weighted by Crippen LogP contribution is 2.31. The highest BCUT2D eigenvalue weighted by molar-refractivity contribution is 7.86. The average molecular weight is 391 g/mol. The van der Waals surface area contributed by atoms with Crippen LogP contribution in [0.15, 0.2) is 42.5 Å². The normalized spacial score (nSPS) is 17.7. The Balaban J connectivity index is 1.70. The van der Waals surface area contributed by atoms with Gasteiger partial charge in [-0.3, -0.25) is 0 Å². The zero-order valence-electron chi connectivity index (χ0n) is 15.8. The van der Waals surface area contributed by atoms with E-state index in [4.69, 9.17) is 13.7 Å². The van der Waals surface area contributed by atoms with E-state index in [0.717, 1.165) is 42.6 Å². The zero-order valence-corrected chi connectivity index (χ0v) is 16.7. The number of benzene rings is 2. The summed E-state index contributed by atoms with van der Waals surface area (Å²) in [5.74, 6) is 1.68. The van der Waals surface area contributed by atoms with Crippen molar-refractivity contribution in [2.75, 3.05) is 26.4 Å². The minimum absolute atomic E-state index is 0.158. The summed E-state index contributed by atoms with van der Waals surface area (Å²) in [4.78, 5) is 2.24. The van der Waals surface area contributed by atoms with Gasteiger partial charge in [0.1, 0.15) is 18.5 Å². The third-order valence-electron chi connectivity index (χ3n) is 4.28. The first-order valence-corrected chi connectivity index (χ1v) is 10.7. The Kier molecular flexibility index (Phi) is 5.92. The maximum Gasteiger partial charge on any atom is 0.306 e. The molecule has 0 N–H and O–H groups in total. The van der Waals surface area contributed by atoms with Gasteiger partial charge in [-0.25, -0.2) is 0 Å². The van der Waals surface area contributed by atoms with Crippen molar-refractivity contribution in [2.45, 2.75) is 26.1 Å². The van der Waals surface area contributed by atoms with Crippen LogP contribution >= 0.6 is 0 Å². The Morgan fingerprint density at radius 2 is 1.96 bits per heavy atom. The molecule has 1 fully saturated rings. The van der Waals surface area contributed by atoms with Crippen molar-refractivity contribution in [3.8, 4) is 17.2 Å². The van der Waals surface area contributed by atoms with Gasteiger partial charge in [-0.15, -0.1) is 0 Å². The van der Waals surface area contributed by atoms with Gasteiger partial charge in [0.2, 0.25) is 0 Å². The van der Waals surface area contributed by atoms with Crippen molar-refractivity contribution in [3.05, 3.63) is 53.6 Å². The minimum atomic E-state index is -3.56. The molecule has 3 rings (SSSR count). The zero-order chi connectivity index (χ0) is 19.4. The highest BCUT2D eigenvalue weighted by Gasteiger charge is 2.22. The number of nitrogens with zero attached hydrogens (tertiary/aromatic N) is 1. The lowest BCUT2D eigenvalue weighted by atomic mass is 10.2. The summed E-state index contributed by atoms with van der Waals surface area (Å²) >= 11 is 0. The Hall–Kier alpha value is -2.25. The molecular weight excluding hydrogens is 366 g/mol. The second-order valence-corrected chi connectivity index (χ2v) is 8.54. The predicted octanol–water partition coefficient (Wildman–Crippen LogP) is 3.00. The first-order valence-electron chi connectivity index (χ1n) is 8.85. The Bertz CT molecular complexity index is 897. The average Bonchev–Trinajstić information content (AvgIpc) is 2.98. The molecule has 0 saturated carbocycles. The fourth-order valence-electron chi connectivity index (χ4n) is 3.02. The SMILES string of the molecule is Cc1ccc(OCc2cccc(OS(C)(=O)=O)c2)c(OC2CCN(C)C2)c1. The van der Waals surface area contributed by atoms with E-state index in [1.165, 1.54) is 0 Å². The molecule has 2 aromatic carbocycles. The van der Waals surface area contributed by atoms with Gasteiger partial charge in [-0.2, -0.15) is 8.42 Å². The summed E-state index contributed by atoms with van der Waals surface area (Å²) < 4.78 is 39.6. The molecule has 1 aliphatic heterocycles. The second kappa shape index (κ2) is 8.19.